The van der Waals surface area contributed by atoms with Gasteiger partial charge in [-0.25, -0.2) is 4.79 Å². The molecule has 0 bridgehead atoms. The van der Waals surface area contributed by atoms with Crippen molar-refractivity contribution in [1.82, 2.24) is 0 Å². The molecule has 29 heavy (non-hydrogen) atoms. The van der Waals surface area contributed by atoms with E-state index >= 15 is 0 Å². The second-order valence-electron chi connectivity index (χ2n) is 6.13. The summed E-state index contributed by atoms with van der Waals surface area (Å²) in [4.78, 5) is 22.7. The van der Waals surface area contributed by atoms with E-state index in [4.69, 9.17) is 20.8 Å². The highest BCUT2D eigenvalue weighted by atomic mass is 79.9. The van der Waals surface area contributed by atoms with Crippen LogP contribution in [0, 0.1) is 10.1 Å². The number of ether oxygens (including phenoxy) is 1. The number of nitro groups is 1. The minimum Gasteiger partial charge on any atom is -0.457 e. The third kappa shape index (κ3) is 4.01. The minimum absolute atomic E-state index is 0.0952. The Morgan fingerprint density at radius 1 is 1.07 bits per heavy atom. The van der Waals surface area contributed by atoms with Gasteiger partial charge in [0, 0.05) is 27.7 Å². The highest BCUT2D eigenvalue weighted by Gasteiger charge is 2.22. The average molecular weight is 473 g/mol. The number of carbonyl (C=O) groups is 1. The van der Waals surface area contributed by atoms with Crippen molar-refractivity contribution in [3.8, 4) is 11.3 Å². The lowest BCUT2D eigenvalue weighted by Crippen LogP contribution is -1.96. The number of non-ortho nitro benzene ring substituents is 1. The Morgan fingerprint density at radius 2 is 1.83 bits per heavy atom. The van der Waals surface area contributed by atoms with E-state index in [0.29, 0.717) is 33.4 Å². The Labute approximate surface area is 178 Å². The predicted octanol–water partition coefficient (Wildman–Crippen LogP) is 6.25. The quantitative estimate of drug-likeness (QED) is 0.194. The fourth-order valence-electron chi connectivity index (χ4n) is 2.79. The molecule has 0 atom stereocenters. The molecule has 0 aliphatic carbocycles. The first-order valence-corrected chi connectivity index (χ1v) is 9.53. The zero-order chi connectivity index (χ0) is 20.5. The van der Waals surface area contributed by atoms with E-state index in [1.807, 2.05) is 24.3 Å². The number of nitrogens with zero attached hydrogens (tertiary/aromatic N) is 1. The second kappa shape index (κ2) is 7.69. The van der Waals surface area contributed by atoms with Gasteiger partial charge in [0.25, 0.3) is 5.69 Å². The summed E-state index contributed by atoms with van der Waals surface area (Å²) in [5, 5.41) is 11.3. The third-order valence-corrected chi connectivity index (χ3v) is 5.06. The van der Waals surface area contributed by atoms with Gasteiger partial charge in [-0.15, -0.1) is 0 Å². The number of carbonyl (C=O) groups excluding carboxylic acids is 1. The molecule has 0 fully saturated rings. The lowest BCUT2D eigenvalue weighted by molar-refractivity contribution is -0.384. The monoisotopic (exact) mass is 471 g/mol. The van der Waals surface area contributed by atoms with Crippen LogP contribution in [0.3, 0.4) is 0 Å². The predicted molar refractivity (Wildman–Crippen MR) is 112 cm³/mol. The van der Waals surface area contributed by atoms with E-state index in [9.17, 15) is 14.9 Å². The largest absolute Gasteiger partial charge is 0.457 e. The van der Waals surface area contributed by atoms with Crippen LogP contribution in [0.1, 0.15) is 11.3 Å². The molecule has 2 heterocycles. The van der Waals surface area contributed by atoms with Crippen molar-refractivity contribution in [2.75, 3.05) is 0 Å². The van der Waals surface area contributed by atoms with E-state index in [0.717, 1.165) is 10.0 Å². The number of benzene rings is 2. The van der Waals surface area contributed by atoms with Crippen LogP contribution in [0.4, 0.5) is 5.69 Å². The Hall–Kier alpha value is -3.16. The second-order valence-corrected chi connectivity index (χ2v) is 7.45. The van der Waals surface area contributed by atoms with Crippen molar-refractivity contribution >= 4 is 51.0 Å². The van der Waals surface area contributed by atoms with Gasteiger partial charge in [-0.1, -0.05) is 39.7 Å². The number of rotatable bonds is 4. The fourth-order valence-corrected chi connectivity index (χ4v) is 3.26. The molecule has 8 heteroatoms. The van der Waals surface area contributed by atoms with Crippen molar-refractivity contribution in [2.24, 2.45) is 0 Å². The number of furan rings is 1. The Balaban J connectivity index is 1.64. The number of hydrogen-bond donors (Lipinski definition) is 0. The van der Waals surface area contributed by atoms with Gasteiger partial charge in [0.2, 0.25) is 0 Å². The van der Waals surface area contributed by atoms with Crippen LogP contribution >= 0.6 is 27.5 Å². The van der Waals surface area contributed by atoms with E-state index in [1.165, 1.54) is 18.2 Å². The van der Waals surface area contributed by atoms with E-state index in [1.54, 1.807) is 24.3 Å². The molecule has 0 N–H and O–H groups in total. The molecule has 1 aromatic heterocycles. The minimum atomic E-state index is -0.505. The van der Waals surface area contributed by atoms with Crippen molar-refractivity contribution in [2.45, 2.75) is 0 Å². The summed E-state index contributed by atoms with van der Waals surface area (Å²) in [7, 11) is 0. The number of hydrogen-bond acceptors (Lipinski definition) is 5. The average Bonchev–Trinajstić information content (AvgIpc) is 3.30. The van der Waals surface area contributed by atoms with Crippen LogP contribution in [-0.4, -0.2) is 10.9 Å². The Kier molecular flexibility index (Phi) is 5.08. The normalized spacial score (nSPS) is 14.8. The molecule has 0 radical (unpaired) electrons. The summed E-state index contributed by atoms with van der Waals surface area (Å²) >= 11 is 9.51. The molecule has 0 saturated heterocycles. The first-order valence-electron chi connectivity index (χ1n) is 8.36. The summed E-state index contributed by atoms with van der Waals surface area (Å²) < 4.78 is 12.0. The van der Waals surface area contributed by atoms with Crippen molar-refractivity contribution in [1.29, 1.82) is 0 Å². The number of esters is 1. The van der Waals surface area contributed by atoms with Gasteiger partial charge < -0.3 is 9.15 Å². The lowest BCUT2D eigenvalue weighted by Gasteiger charge is -2.01. The molecular weight excluding hydrogens is 462 g/mol. The summed E-state index contributed by atoms with van der Waals surface area (Å²) in [6, 6.07) is 14.8. The van der Waals surface area contributed by atoms with E-state index in [2.05, 4.69) is 15.9 Å². The molecule has 0 spiro atoms. The molecule has 3 aromatic rings. The van der Waals surface area contributed by atoms with Crippen molar-refractivity contribution < 1.29 is 18.9 Å². The Morgan fingerprint density at radius 3 is 2.55 bits per heavy atom. The number of nitro benzene ring substituents is 1. The Bertz CT molecular complexity index is 1190. The lowest BCUT2D eigenvalue weighted by atomic mass is 10.1. The smallest absolute Gasteiger partial charge is 0.343 e. The first kappa shape index (κ1) is 19.2. The van der Waals surface area contributed by atoms with Gasteiger partial charge in [-0.05, 0) is 42.5 Å². The number of cyclic esters (lactones) is 1. The van der Waals surface area contributed by atoms with Crippen molar-refractivity contribution in [3.63, 3.8) is 0 Å². The van der Waals surface area contributed by atoms with Gasteiger partial charge >= 0.3 is 5.97 Å². The molecular formula is C21H11BrClNO5. The van der Waals surface area contributed by atoms with Crippen LogP contribution in [0.25, 0.3) is 23.2 Å². The van der Waals surface area contributed by atoms with Crippen LogP contribution in [-0.2, 0) is 9.53 Å². The highest BCUT2D eigenvalue weighted by molar-refractivity contribution is 9.10. The standard InChI is InChI=1S/C21H11BrClNO5/c22-14-3-1-12(2-4-14)20-10-13(21(25)29-20)9-16-6-8-19(28-16)17-11-15(24(26)27)5-7-18(17)23/h1-11H/b13-9-. The molecule has 0 saturated carbocycles. The molecule has 0 unspecified atom stereocenters. The highest BCUT2D eigenvalue weighted by Crippen LogP contribution is 2.34. The molecule has 6 nitrogen and oxygen atoms in total. The SMILES string of the molecule is O=C1OC(c2ccc(Br)cc2)=C/C1=C/c1ccc(-c2cc([N+](=O)[O-])ccc2Cl)o1. The van der Waals surface area contributed by atoms with E-state index in [-0.39, 0.29) is 5.69 Å². The van der Waals surface area contributed by atoms with Gasteiger partial charge in [0.15, 0.2) is 0 Å². The van der Waals surface area contributed by atoms with Crippen LogP contribution in [0.15, 0.2) is 75.1 Å². The molecule has 4 rings (SSSR count). The maximum atomic E-state index is 12.2. The third-order valence-electron chi connectivity index (χ3n) is 4.20. The molecule has 1 aliphatic rings. The van der Waals surface area contributed by atoms with Crippen LogP contribution in [0.2, 0.25) is 5.02 Å². The topological polar surface area (TPSA) is 82.6 Å². The maximum absolute atomic E-state index is 12.2. The zero-order valence-corrected chi connectivity index (χ0v) is 16.9. The van der Waals surface area contributed by atoms with E-state index < -0.39 is 10.9 Å². The van der Waals surface area contributed by atoms with Gasteiger partial charge in [0.1, 0.15) is 17.3 Å². The molecule has 144 valence electrons. The van der Waals surface area contributed by atoms with Crippen LogP contribution in [0.5, 0.6) is 0 Å². The number of halogens is 2. The zero-order valence-electron chi connectivity index (χ0n) is 14.6. The van der Waals surface area contributed by atoms with Crippen LogP contribution < -0.4 is 0 Å². The maximum Gasteiger partial charge on any atom is 0.343 e. The fraction of sp³-hybridized carbons (Fsp3) is 0. The summed E-state index contributed by atoms with van der Waals surface area (Å²) in [5.41, 5.74) is 1.40. The van der Waals surface area contributed by atoms with Gasteiger partial charge in [-0.3, -0.25) is 10.1 Å². The molecule has 2 aromatic carbocycles. The molecule has 1 aliphatic heterocycles. The first-order chi connectivity index (χ1) is 13.9. The van der Waals surface area contributed by atoms with Gasteiger partial charge in [0.05, 0.1) is 15.5 Å². The summed E-state index contributed by atoms with van der Waals surface area (Å²) in [6.45, 7) is 0. The summed E-state index contributed by atoms with van der Waals surface area (Å²) in [6.07, 6.45) is 3.18. The molecule has 0 amide bonds. The summed E-state index contributed by atoms with van der Waals surface area (Å²) in [5.74, 6) is 0.702. The van der Waals surface area contributed by atoms with Crippen molar-refractivity contribution in [3.05, 3.63) is 97.2 Å². The van der Waals surface area contributed by atoms with Gasteiger partial charge in [-0.2, -0.15) is 0 Å².